The van der Waals surface area contributed by atoms with Gasteiger partial charge < -0.3 is 14.8 Å². The van der Waals surface area contributed by atoms with Crippen LogP contribution in [-0.4, -0.2) is 29.3 Å². The second-order valence-corrected chi connectivity index (χ2v) is 3.97. The van der Waals surface area contributed by atoms with Crippen LogP contribution >= 0.6 is 0 Å². The molecule has 1 aromatic carbocycles. The van der Waals surface area contributed by atoms with Crippen LogP contribution in [0.3, 0.4) is 0 Å². The first-order valence-electron chi connectivity index (χ1n) is 5.29. The molecule has 0 aliphatic heterocycles. The topological polar surface area (TPSA) is 62.3 Å². The van der Waals surface area contributed by atoms with Gasteiger partial charge in [-0.25, -0.2) is 0 Å². The fraction of sp³-hybridized carbons (Fsp3) is 0.250. The smallest absolute Gasteiger partial charge is 0.406 e. The number of H-pyrrole nitrogens is 1. The molecule has 19 heavy (non-hydrogen) atoms. The number of carboxylic acid groups (broad SMARTS) is 1. The summed E-state index contributed by atoms with van der Waals surface area (Å²) in [6.45, 7) is 0. The van der Waals surface area contributed by atoms with Gasteiger partial charge in [-0.05, 0) is 18.2 Å². The van der Waals surface area contributed by atoms with Gasteiger partial charge in [-0.15, -0.1) is 0 Å². The molecule has 0 fully saturated rings. The number of carboxylic acids is 1. The maximum Gasteiger partial charge on any atom is 0.406 e. The average molecular weight is 273 g/mol. The third-order valence-electron chi connectivity index (χ3n) is 2.81. The first-order valence-corrected chi connectivity index (χ1v) is 5.29. The first kappa shape index (κ1) is 13.3. The third-order valence-corrected chi connectivity index (χ3v) is 2.81. The highest BCUT2D eigenvalue weighted by Gasteiger charge is 2.47. The number of hydrogen-bond donors (Lipinski definition) is 2. The van der Waals surface area contributed by atoms with Gasteiger partial charge in [0.15, 0.2) is 5.92 Å². The van der Waals surface area contributed by atoms with Gasteiger partial charge in [-0.3, -0.25) is 4.79 Å². The van der Waals surface area contributed by atoms with Crippen molar-refractivity contribution in [3.8, 4) is 5.75 Å². The Morgan fingerprint density at radius 2 is 2.11 bits per heavy atom. The number of nitrogens with one attached hydrogen (secondary N) is 1. The van der Waals surface area contributed by atoms with Gasteiger partial charge in [-0.2, -0.15) is 13.2 Å². The maximum absolute atomic E-state index is 12.8. The van der Waals surface area contributed by atoms with Crippen molar-refractivity contribution in [2.45, 2.75) is 12.1 Å². The Bertz CT molecular complexity index is 618. The van der Waals surface area contributed by atoms with Gasteiger partial charge in [0.1, 0.15) is 5.75 Å². The molecule has 2 N–H and O–H groups in total. The van der Waals surface area contributed by atoms with Crippen molar-refractivity contribution in [1.29, 1.82) is 0 Å². The van der Waals surface area contributed by atoms with Crippen molar-refractivity contribution < 1.29 is 27.8 Å². The molecule has 1 heterocycles. The molecule has 0 amide bonds. The second kappa shape index (κ2) is 4.49. The Kier molecular flexibility index (Phi) is 3.13. The lowest BCUT2D eigenvalue weighted by Gasteiger charge is -2.15. The van der Waals surface area contributed by atoms with E-state index in [1.807, 2.05) is 0 Å². The van der Waals surface area contributed by atoms with Gasteiger partial charge in [0.2, 0.25) is 0 Å². The summed E-state index contributed by atoms with van der Waals surface area (Å²) in [6, 6.07) is 4.49. The minimum atomic E-state index is -4.86. The van der Waals surface area contributed by atoms with Crippen molar-refractivity contribution in [3.63, 3.8) is 0 Å². The number of carbonyl (C=O) groups is 1. The Morgan fingerprint density at radius 3 is 2.63 bits per heavy atom. The highest BCUT2D eigenvalue weighted by Crippen LogP contribution is 2.39. The van der Waals surface area contributed by atoms with Gasteiger partial charge in [0.05, 0.1) is 7.11 Å². The van der Waals surface area contributed by atoms with E-state index < -0.39 is 18.1 Å². The standard InChI is InChI=1S/C12H10F3NO3/c1-19-6-2-3-9-7(4-6)8(5-16-9)10(11(17)18)12(13,14)15/h2-5,10,16H,1H3,(H,17,18)/t10-/m1/s1. The molecular weight excluding hydrogens is 263 g/mol. The zero-order chi connectivity index (χ0) is 14.2. The van der Waals surface area contributed by atoms with E-state index in [-0.39, 0.29) is 10.9 Å². The highest BCUT2D eigenvalue weighted by atomic mass is 19.4. The summed E-state index contributed by atoms with van der Waals surface area (Å²) in [5, 5.41) is 8.99. The summed E-state index contributed by atoms with van der Waals surface area (Å²) >= 11 is 0. The van der Waals surface area contributed by atoms with Crippen molar-refractivity contribution in [3.05, 3.63) is 30.0 Å². The molecule has 0 radical (unpaired) electrons. The predicted molar refractivity (Wildman–Crippen MR) is 61.3 cm³/mol. The second-order valence-electron chi connectivity index (χ2n) is 3.97. The lowest BCUT2D eigenvalue weighted by atomic mass is 9.98. The molecule has 0 aliphatic rings. The molecule has 2 rings (SSSR count). The van der Waals surface area contributed by atoms with E-state index in [2.05, 4.69) is 4.98 Å². The third kappa shape index (κ3) is 2.35. The summed E-state index contributed by atoms with van der Waals surface area (Å²) in [5.74, 6) is -4.13. The van der Waals surface area contributed by atoms with Crippen LogP contribution in [0.25, 0.3) is 10.9 Å². The van der Waals surface area contributed by atoms with Crippen LogP contribution in [-0.2, 0) is 4.79 Å². The van der Waals surface area contributed by atoms with Crippen molar-refractivity contribution in [1.82, 2.24) is 4.98 Å². The highest BCUT2D eigenvalue weighted by molar-refractivity contribution is 5.90. The zero-order valence-corrected chi connectivity index (χ0v) is 9.78. The normalized spacial score (nSPS) is 13.5. The number of ether oxygens (including phenoxy) is 1. The lowest BCUT2D eigenvalue weighted by Crippen LogP contribution is -2.28. The molecule has 0 saturated carbocycles. The summed E-state index contributed by atoms with van der Waals surface area (Å²) in [6.07, 6.45) is -3.79. The minimum absolute atomic E-state index is 0.184. The Labute approximate surface area is 105 Å². The molecule has 0 aliphatic carbocycles. The molecule has 1 aromatic heterocycles. The van der Waals surface area contributed by atoms with Crippen LogP contribution in [0.15, 0.2) is 24.4 Å². The quantitative estimate of drug-likeness (QED) is 0.903. The number of methoxy groups -OCH3 is 1. The molecular formula is C12H10F3NO3. The molecule has 0 bridgehead atoms. The number of alkyl halides is 3. The van der Waals surface area contributed by atoms with E-state index in [4.69, 9.17) is 9.84 Å². The largest absolute Gasteiger partial charge is 0.497 e. The Balaban J connectivity index is 2.63. The number of aromatic amines is 1. The van der Waals surface area contributed by atoms with Crippen LogP contribution in [0.1, 0.15) is 11.5 Å². The van der Waals surface area contributed by atoms with E-state index >= 15 is 0 Å². The zero-order valence-electron chi connectivity index (χ0n) is 9.78. The fourth-order valence-corrected chi connectivity index (χ4v) is 1.94. The molecule has 0 unspecified atom stereocenters. The number of rotatable bonds is 3. The number of halogens is 3. The van der Waals surface area contributed by atoms with Gasteiger partial charge >= 0.3 is 12.1 Å². The van der Waals surface area contributed by atoms with Crippen molar-refractivity contribution in [2.75, 3.05) is 7.11 Å². The molecule has 7 heteroatoms. The Hall–Kier alpha value is -2.18. The van der Waals surface area contributed by atoms with Gasteiger partial charge in [0.25, 0.3) is 0 Å². The van der Waals surface area contributed by atoms with Crippen molar-refractivity contribution >= 4 is 16.9 Å². The van der Waals surface area contributed by atoms with Crippen LogP contribution in [0.5, 0.6) is 5.75 Å². The van der Waals surface area contributed by atoms with Crippen LogP contribution in [0, 0.1) is 0 Å². The number of aliphatic carboxylic acids is 1. The number of hydrogen-bond acceptors (Lipinski definition) is 2. The first-order chi connectivity index (χ1) is 8.84. The average Bonchev–Trinajstić information content (AvgIpc) is 2.70. The van der Waals surface area contributed by atoms with E-state index in [9.17, 15) is 18.0 Å². The molecule has 2 aromatic rings. The van der Waals surface area contributed by atoms with Gasteiger partial charge in [-0.1, -0.05) is 0 Å². The number of aromatic nitrogens is 1. The summed E-state index contributed by atoms with van der Waals surface area (Å²) in [7, 11) is 1.38. The van der Waals surface area contributed by atoms with Crippen LogP contribution in [0.4, 0.5) is 13.2 Å². The summed E-state index contributed by atoms with van der Waals surface area (Å²) in [5.41, 5.74) is 0.0974. The number of benzene rings is 1. The van der Waals surface area contributed by atoms with Crippen LogP contribution in [0.2, 0.25) is 0 Å². The number of fused-ring (bicyclic) bond motifs is 1. The fourth-order valence-electron chi connectivity index (χ4n) is 1.94. The minimum Gasteiger partial charge on any atom is -0.497 e. The SMILES string of the molecule is COc1ccc2[nH]cc([C@H](C(=O)O)C(F)(F)F)c2c1. The molecule has 1 atom stereocenters. The van der Waals surface area contributed by atoms with Crippen LogP contribution < -0.4 is 4.74 Å². The van der Waals surface area contributed by atoms with Crippen molar-refractivity contribution in [2.24, 2.45) is 0 Å². The molecule has 4 nitrogen and oxygen atoms in total. The summed E-state index contributed by atoms with van der Waals surface area (Å²) in [4.78, 5) is 13.5. The van der Waals surface area contributed by atoms with Gasteiger partial charge in [0, 0.05) is 22.7 Å². The Morgan fingerprint density at radius 1 is 1.42 bits per heavy atom. The lowest BCUT2D eigenvalue weighted by molar-refractivity contribution is -0.176. The van der Waals surface area contributed by atoms with E-state index in [1.165, 1.54) is 19.2 Å². The molecule has 102 valence electrons. The summed E-state index contributed by atoms with van der Waals surface area (Å²) < 4.78 is 43.4. The molecule has 0 saturated heterocycles. The van der Waals surface area contributed by atoms with E-state index in [0.29, 0.717) is 11.3 Å². The van der Waals surface area contributed by atoms with E-state index in [1.54, 1.807) is 6.07 Å². The molecule has 0 spiro atoms. The maximum atomic E-state index is 12.8. The predicted octanol–water partition coefficient (Wildman–Crippen LogP) is 2.91. The monoisotopic (exact) mass is 273 g/mol. The van der Waals surface area contributed by atoms with E-state index in [0.717, 1.165) is 6.20 Å².